The molecular weight excluding hydrogens is 204 g/mol. The molecule has 0 bridgehead atoms. The maximum absolute atomic E-state index is 8.84. The highest BCUT2D eigenvalue weighted by molar-refractivity contribution is 5.06. The largest absolute Gasteiger partial charge is 0.462 e. The summed E-state index contributed by atoms with van der Waals surface area (Å²) in [6, 6.07) is 6.06. The third kappa shape index (κ3) is 4.05. The van der Waals surface area contributed by atoms with Gasteiger partial charge in [0.1, 0.15) is 18.1 Å². The molecule has 1 aromatic rings. The SMILES string of the molecule is COCc1ccc(CNCC(C)(C)C#N)o1. The molecule has 0 aromatic carbocycles. The van der Waals surface area contributed by atoms with Crippen LogP contribution in [0.2, 0.25) is 0 Å². The van der Waals surface area contributed by atoms with Crippen LogP contribution in [0, 0.1) is 16.7 Å². The molecule has 0 radical (unpaired) electrons. The first-order valence-corrected chi connectivity index (χ1v) is 5.26. The van der Waals surface area contributed by atoms with E-state index in [4.69, 9.17) is 14.4 Å². The molecule has 1 N–H and O–H groups in total. The van der Waals surface area contributed by atoms with Gasteiger partial charge in [-0.3, -0.25) is 0 Å². The molecule has 88 valence electrons. The van der Waals surface area contributed by atoms with Crippen molar-refractivity contribution in [2.24, 2.45) is 5.41 Å². The van der Waals surface area contributed by atoms with E-state index in [2.05, 4.69) is 11.4 Å². The predicted molar refractivity (Wildman–Crippen MR) is 60.5 cm³/mol. The lowest BCUT2D eigenvalue weighted by atomic mass is 9.96. The third-order valence-corrected chi connectivity index (χ3v) is 2.17. The molecule has 1 aromatic heterocycles. The molecule has 0 aliphatic heterocycles. The van der Waals surface area contributed by atoms with E-state index < -0.39 is 0 Å². The van der Waals surface area contributed by atoms with Gasteiger partial charge in [-0.25, -0.2) is 0 Å². The van der Waals surface area contributed by atoms with Crippen molar-refractivity contribution in [3.8, 4) is 6.07 Å². The number of nitrogens with one attached hydrogen (secondary N) is 1. The summed E-state index contributed by atoms with van der Waals surface area (Å²) in [4.78, 5) is 0. The first kappa shape index (κ1) is 12.8. The molecule has 1 heterocycles. The van der Waals surface area contributed by atoms with Gasteiger partial charge in [-0.05, 0) is 26.0 Å². The minimum atomic E-state index is -0.345. The average Bonchev–Trinajstić information content (AvgIpc) is 2.66. The second-order valence-electron chi connectivity index (χ2n) is 4.40. The van der Waals surface area contributed by atoms with Crippen LogP contribution in [0.5, 0.6) is 0 Å². The van der Waals surface area contributed by atoms with Crippen LogP contribution in [-0.2, 0) is 17.9 Å². The number of nitrogens with zero attached hydrogens (tertiary/aromatic N) is 1. The smallest absolute Gasteiger partial charge is 0.129 e. The zero-order valence-electron chi connectivity index (χ0n) is 10.0. The van der Waals surface area contributed by atoms with Crippen LogP contribution in [0.25, 0.3) is 0 Å². The Kier molecular flexibility index (Phi) is 4.53. The molecule has 4 nitrogen and oxygen atoms in total. The maximum Gasteiger partial charge on any atom is 0.129 e. The second kappa shape index (κ2) is 5.69. The van der Waals surface area contributed by atoms with E-state index in [0.29, 0.717) is 19.7 Å². The Labute approximate surface area is 96.2 Å². The summed E-state index contributed by atoms with van der Waals surface area (Å²) in [5.41, 5.74) is -0.345. The van der Waals surface area contributed by atoms with Crippen LogP contribution in [-0.4, -0.2) is 13.7 Å². The fourth-order valence-electron chi connectivity index (χ4n) is 1.27. The maximum atomic E-state index is 8.84. The van der Waals surface area contributed by atoms with Gasteiger partial charge in [0, 0.05) is 13.7 Å². The molecule has 4 heteroatoms. The number of ether oxygens (including phenoxy) is 1. The molecule has 0 atom stereocenters. The quantitative estimate of drug-likeness (QED) is 0.800. The van der Waals surface area contributed by atoms with E-state index >= 15 is 0 Å². The lowest BCUT2D eigenvalue weighted by Gasteiger charge is -2.14. The van der Waals surface area contributed by atoms with Gasteiger partial charge in [0.05, 0.1) is 18.0 Å². The molecule has 0 saturated carbocycles. The molecule has 0 fully saturated rings. The van der Waals surface area contributed by atoms with Crippen LogP contribution in [0.3, 0.4) is 0 Å². The van der Waals surface area contributed by atoms with Crippen LogP contribution in [0.1, 0.15) is 25.4 Å². The Morgan fingerprint density at radius 2 is 2.12 bits per heavy atom. The van der Waals surface area contributed by atoms with E-state index in [1.807, 2.05) is 26.0 Å². The number of furan rings is 1. The Hall–Kier alpha value is -1.31. The van der Waals surface area contributed by atoms with E-state index in [-0.39, 0.29) is 5.41 Å². The van der Waals surface area contributed by atoms with E-state index in [0.717, 1.165) is 11.5 Å². The van der Waals surface area contributed by atoms with Gasteiger partial charge in [0.25, 0.3) is 0 Å². The molecule has 0 unspecified atom stereocenters. The van der Waals surface area contributed by atoms with Crippen molar-refractivity contribution >= 4 is 0 Å². The van der Waals surface area contributed by atoms with Gasteiger partial charge in [-0.2, -0.15) is 5.26 Å². The van der Waals surface area contributed by atoms with Crippen LogP contribution in [0.15, 0.2) is 16.5 Å². The highest BCUT2D eigenvalue weighted by Gasteiger charge is 2.15. The number of hydrogen-bond acceptors (Lipinski definition) is 4. The Balaban J connectivity index is 2.35. The minimum Gasteiger partial charge on any atom is -0.462 e. The van der Waals surface area contributed by atoms with Crippen molar-refractivity contribution < 1.29 is 9.15 Å². The minimum absolute atomic E-state index is 0.345. The van der Waals surface area contributed by atoms with Crippen molar-refractivity contribution in [3.05, 3.63) is 23.7 Å². The molecule has 0 aliphatic carbocycles. The number of rotatable bonds is 6. The fraction of sp³-hybridized carbons (Fsp3) is 0.583. The third-order valence-electron chi connectivity index (χ3n) is 2.17. The molecule has 0 saturated heterocycles. The van der Waals surface area contributed by atoms with E-state index in [9.17, 15) is 0 Å². The Bertz CT molecular complexity index is 363. The van der Waals surface area contributed by atoms with Crippen molar-refractivity contribution in [2.75, 3.05) is 13.7 Å². The highest BCUT2D eigenvalue weighted by Crippen LogP contribution is 2.12. The van der Waals surface area contributed by atoms with Gasteiger partial charge >= 0.3 is 0 Å². The summed E-state index contributed by atoms with van der Waals surface area (Å²) in [5, 5.41) is 12.0. The Morgan fingerprint density at radius 1 is 1.44 bits per heavy atom. The topological polar surface area (TPSA) is 58.2 Å². The predicted octanol–water partition coefficient (Wildman–Crippen LogP) is 2.07. The van der Waals surface area contributed by atoms with Crippen LogP contribution >= 0.6 is 0 Å². The van der Waals surface area contributed by atoms with E-state index in [1.54, 1.807) is 7.11 Å². The van der Waals surface area contributed by atoms with Gasteiger partial charge in [-0.1, -0.05) is 0 Å². The normalized spacial score (nSPS) is 11.4. The van der Waals surface area contributed by atoms with Gasteiger partial charge in [0.15, 0.2) is 0 Å². The second-order valence-corrected chi connectivity index (χ2v) is 4.40. The molecule has 0 amide bonds. The summed E-state index contributed by atoms with van der Waals surface area (Å²) in [6.07, 6.45) is 0. The molecule has 1 rings (SSSR count). The summed E-state index contributed by atoms with van der Waals surface area (Å²) in [5.74, 6) is 1.68. The first-order valence-electron chi connectivity index (χ1n) is 5.26. The molecule has 0 spiro atoms. The van der Waals surface area contributed by atoms with Crippen molar-refractivity contribution in [2.45, 2.75) is 27.0 Å². The fourth-order valence-corrected chi connectivity index (χ4v) is 1.27. The lowest BCUT2D eigenvalue weighted by molar-refractivity contribution is 0.162. The lowest BCUT2D eigenvalue weighted by Crippen LogP contribution is -2.27. The standard InChI is InChI=1S/C12H18N2O2/c1-12(2,8-13)9-14-6-10-4-5-11(16-10)7-15-3/h4-5,14H,6-7,9H2,1-3H3. The highest BCUT2D eigenvalue weighted by atomic mass is 16.5. The summed E-state index contributed by atoms with van der Waals surface area (Å²) < 4.78 is 10.5. The van der Waals surface area contributed by atoms with E-state index in [1.165, 1.54) is 0 Å². The summed E-state index contributed by atoms with van der Waals surface area (Å²) in [6.45, 7) is 5.57. The first-order chi connectivity index (χ1) is 7.57. The number of nitriles is 1. The molecule has 0 aliphatic rings. The number of methoxy groups -OCH3 is 1. The summed E-state index contributed by atoms with van der Waals surface area (Å²) in [7, 11) is 1.63. The van der Waals surface area contributed by atoms with Gasteiger partial charge in [0.2, 0.25) is 0 Å². The van der Waals surface area contributed by atoms with Crippen LogP contribution in [0.4, 0.5) is 0 Å². The van der Waals surface area contributed by atoms with Crippen LogP contribution < -0.4 is 5.32 Å². The van der Waals surface area contributed by atoms with Crippen molar-refractivity contribution in [1.82, 2.24) is 5.32 Å². The van der Waals surface area contributed by atoms with Gasteiger partial charge in [-0.15, -0.1) is 0 Å². The molecular formula is C12H18N2O2. The zero-order chi connectivity index (χ0) is 12.0. The molecule has 16 heavy (non-hydrogen) atoms. The van der Waals surface area contributed by atoms with Gasteiger partial charge < -0.3 is 14.5 Å². The van der Waals surface area contributed by atoms with Crippen molar-refractivity contribution in [3.63, 3.8) is 0 Å². The summed E-state index contributed by atoms with van der Waals surface area (Å²) >= 11 is 0. The monoisotopic (exact) mass is 222 g/mol. The number of hydrogen-bond donors (Lipinski definition) is 1. The Morgan fingerprint density at radius 3 is 2.75 bits per heavy atom. The average molecular weight is 222 g/mol. The zero-order valence-corrected chi connectivity index (χ0v) is 10.0. The van der Waals surface area contributed by atoms with Crippen molar-refractivity contribution in [1.29, 1.82) is 5.26 Å².